The van der Waals surface area contributed by atoms with Gasteiger partial charge in [-0.15, -0.1) is 0 Å². The highest BCUT2D eigenvalue weighted by Crippen LogP contribution is 2.48. The van der Waals surface area contributed by atoms with Gasteiger partial charge in [-0.2, -0.15) is 0 Å². The average molecular weight is 387 g/mol. The molecule has 1 saturated carbocycles. The molecule has 2 aliphatic rings. The Balaban J connectivity index is 1.56. The first-order valence-electron chi connectivity index (χ1n) is 10.0. The quantitative estimate of drug-likeness (QED) is 0.698. The number of carboxylic acid groups (broad SMARTS) is 1. The van der Waals surface area contributed by atoms with Gasteiger partial charge in [0.25, 0.3) is 0 Å². The van der Waals surface area contributed by atoms with E-state index in [-0.39, 0.29) is 30.3 Å². The third-order valence-electron chi connectivity index (χ3n) is 6.28. The molecule has 1 saturated heterocycles. The van der Waals surface area contributed by atoms with E-state index in [2.05, 4.69) is 10.6 Å². The Morgan fingerprint density at radius 1 is 1.36 bits per heavy atom. The minimum absolute atomic E-state index is 0.0220. The maximum absolute atomic E-state index is 12.6. The van der Waals surface area contributed by atoms with Crippen LogP contribution in [0.2, 0.25) is 0 Å². The Kier molecular flexibility index (Phi) is 5.91. The molecule has 0 spiro atoms. The van der Waals surface area contributed by atoms with Gasteiger partial charge in [-0.1, -0.05) is 32.4 Å². The summed E-state index contributed by atoms with van der Waals surface area (Å²) in [5.41, 5.74) is 0.817. The maximum atomic E-state index is 12.6. The molecule has 3 amide bonds. The Hall–Kier alpha value is -2.57. The number of carbonyl (C=O) groups is 3. The number of hydrogen-bond acceptors (Lipinski definition) is 3. The molecule has 7 nitrogen and oxygen atoms in total. The predicted molar refractivity (Wildman–Crippen MR) is 106 cm³/mol. The minimum atomic E-state index is -0.782. The number of likely N-dealkylation sites (tertiary alicyclic amines) is 1. The van der Waals surface area contributed by atoms with Gasteiger partial charge in [0.1, 0.15) is 0 Å². The monoisotopic (exact) mass is 387 g/mol. The van der Waals surface area contributed by atoms with Crippen LogP contribution in [0.15, 0.2) is 24.3 Å². The lowest BCUT2D eigenvalue weighted by molar-refractivity contribution is -0.149. The lowest BCUT2D eigenvalue weighted by Gasteiger charge is -2.23. The fourth-order valence-electron chi connectivity index (χ4n) is 4.29. The fraction of sp³-hybridized carbons (Fsp3) is 0.571. The standard InChI is InChI=1S/C21H29N3O4/c1-3-14(2)18(25)23-17-8-4-6-15(10-17)11-22-20(28)24-12-16-7-5-9-21(16,13-24)19(26)27/h4,6,8,10,14,16H,3,5,7,9,11-13H2,1-2H3,(H,22,28)(H,23,25)(H,26,27)/t14?,16-,21+/m0/s1. The summed E-state index contributed by atoms with van der Waals surface area (Å²) in [4.78, 5) is 38.0. The summed E-state index contributed by atoms with van der Waals surface area (Å²) in [5, 5.41) is 15.4. The Morgan fingerprint density at radius 2 is 2.14 bits per heavy atom. The first-order chi connectivity index (χ1) is 13.4. The van der Waals surface area contributed by atoms with E-state index in [1.165, 1.54) is 0 Å². The van der Waals surface area contributed by atoms with Crippen LogP contribution in [0.25, 0.3) is 0 Å². The van der Waals surface area contributed by atoms with Crippen LogP contribution in [0, 0.1) is 17.3 Å². The molecule has 1 aromatic rings. The summed E-state index contributed by atoms with van der Waals surface area (Å²) >= 11 is 0. The fourth-order valence-corrected chi connectivity index (χ4v) is 4.29. The van der Waals surface area contributed by atoms with Crippen LogP contribution in [0.3, 0.4) is 0 Å². The summed E-state index contributed by atoms with van der Waals surface area (Å²) in [6.07, 6.45) is 3.21. The molecule has 7 heteroatoms. The van der Waals surface area contributed by atoms with Crippen molar-refractivity contribution in [1.82, 2.24) is 10.2 Å². The van der Waals surface area contributed by atoms with Gasteiger partial charge in [-0.05, 0) is 42.9 Å². The number of nitrogens with one attached hydrogen (secondary N) is 2. The molecule has 1 aliphatic carbocycles. The van der Waals surface area contributed by atoms with E-state index in [1.54, 1.807) is 4.90 Å². The Bertz CT molecular complexity index is 766. The second-order valence-corrected chi connectivity index (χ2v) is 8.09. The van der Waals surface area contributed by atoms with Crippen molar-refractivity contribution in [1.29, 1.82) is 0 Å². The number of urea groups is 1. The summed E-state index contributed by atoms with van der Waals surface area (Å²) in [6, 6.07) is 7.16. The predicted octanol–water partition coefficient (Wildman–Crippen LogP) is 3.07. The number of anilines is 1. The normalized spacial score (nSPS) is 24.5. The van der Waals surface area contributed by atoms with Gasteiger partial charge in [0.05, 0.1) is 5.41 Å². The Morgan fingerprint density at radius 3 is 2.82 bits per heavy atom. The molecule has 152 valence electrons. The van der Waals surface area contributed by atoms with E-state index in [1.807, 2.05) is 38.1 Å². The van der Waals surface area contributed by atoms with Gasteiger partial charge in [-0.25, -0.2) is 4.79 Å². The van der Waals surface area contributed by atoms with Crippen LogP contribution in [0.4, 0.5) is 10.5 Å². The molecule has 3 N–H and O–H groups in total. The third kappa shape index (κ3) is 3.98. The van der Waals surface area contributed by atoms with Crippen molar-refractivity contribution in [3.63, 3.8) is 0 Å². The molecule has 1 aliphatic heterocycles. The molecule has 1 aromatic carbocycles. The number of carbonyl (C=O) groups excluding carboxylic acids is 2. The number of benzene rings is 1. The van der Waals surface area contributed by atoms with Crippen molar-refractivity contribution in [2.75, 3.05) is 18.4 Å². The molecule has 0 radical (unpaired) electrons. The van der Waals surface area contributed by atoms with Gasteiger partial charge >= 0.3 is 12.0 Å². The molecule has 1 heterocycles. The van der Waals surface area contributed by atoms with E-state index in [0.29, 0.717) is 25.2 Å². The van der Waals surface area contributed by atoms with Crippen molar-refractivity contribution in [2.45, 2.75) is 46.1 Å². The lowest BCUT2D eigenvalue weighted by Crippen LogP contribution is -2.41. The zero-order valence-electron chi connectivity index (χ0n) is 16.5. The number of carboxylic acids is 1. The highest BCUT2D eigenvalue weighted by molar-refractivity contribution is 5.92. The van der Waals surface area contributed by atoms with Gasteiger partial charge in [0, 0.05) is 31.2 Å². The molecule has 28 heavy (non-hydrogen) atoms. The Labute approximate surface area is 165 Å². The van der Waals surface area contributed by atoms with Crippen LogP contribution < -0.4 is 10.6 Å². The van der Waals surface area contributed by atoms with Crippen LogP contribution in [0.5, 0.6) is 0 Å². The van der Waals surface area contributed by atoms with Crippen molar-refractivity contribution in [3.8, 4) is 0 Å². The zero-order valence-corrected chi connectivity index (χ0v) is 16.5. The van der Waals surface area contributed by atoms with E-state index in [9.17, 15) is 19.5 Å². The molecule has 0 bridgehead atoms. The van der Waals surface area contributed by atoms with Crippen molar-refractivity contribution >= 4 is 23.6 Å². The average Bonchev–Trinajstić information content (AvgIpc) is 3.24. The summed E-state index contributed by atoms with van der Waals surface area (Å²) in [6.45, 7) is 4.96. The van der Waals surface area contributed by atoms with E-state index in [0.717, 1.165) is 24.8 Å². The van der Waals surface area contributed by atoms with E-state index < -0.39 is 11.4 Å². The molecule has 1 unspecified atom stereocenters. The highest BCUT2D eigenvalue weighted by Gasteiger charge is 2.55. The number of nitrogens with zero attached hydrogens (tertiary/aromatic N) is 1. The molecular formula is C21H29N3O4. The van der Waals surface area contributed by atoms with Gasteiger partial charge < -0.3 is 20.6 Å². The minimum Gasteiger partial charge on any atom is -0.481 e. The van der Waals surface area contributed by atoms with Gasteiger partial charge in [0.2, 0.25) is 5.91 Å². The molecule has 3 rings (SSSR count). The SMILES string of the molecule is CCC(C)C(=O)Nc1cccc(CNC(=O)N2C[C@@H]3CCC[C@@]3(C(=O)O)C2)c1. The molecule has 3 atom stereocenters. The second kappa shape index (κ2) is 8.20. The summed E-state index contributed by atoms with van der Waals surface area (Å²) in [5.74, 6) is -0.810. The van der Waals surface area contributed by atoms with Crippen LogP contribution in [-0.2, 0) is 16.1 Å². The maximum Gasteiger partial charge on any atom is 0.317 e. The first kappa shape index (κ1) is 20.2. The molecule has 0 aromatic heterocycles. The van der Waals surface area contributed by atoms with Gasteiger partial charge in [0.15, 0.2) is 0 Å². The topological polar surface area (TPSA) is 98.7 Å². The van der Waals surface area contributed by atoms with Crippen molar-refractivity contribution in [2.24, 2.45) is 17.3 Å². The largest absolute Gasteiger partial charge is 0.481 e. The number of aliphatic carboxylic acids is 1. The van der Waals surface area contributed by atoms with Crippen molar-refractivity contribution in [3.05, 3.63) is 29.8 Å². The van der Waals surface area contributed by atoms with Crippen molar-refractivity contribution < 1.29 is 19.5 Å². The number of rotatable bonds is 6. The van der Waals surface area contributed by atoms with E-state index in [4.69, 9.17) is 0 Å². The summed E-state index contributed by atoms with van der Waals surface area (Å²) < 4.78 is 0. The first-order valence-corrected chi connectivity index (χ1v) is 10.0. The van der Waals surface area contributed by atoms with Gasteiger partial charge in [-0.3, -0.25) is 9.59 Å². The number of amides is 3. The summed E-state index contributed by atoms with van der Waals surface area (Å²) in [7, 11) is 0. The third-order valence-corrected chi connectivity index (χ3v) is 6.28. The van der Waals surface area contributed by atoms with Crippen LogP contribution >= 0.6 is 0 Å². The number of hydrogen-bond donors (Lipinski definition) is 3. The zero-order chi connectivity index (χ0) is 20.3. The van der Waals surface area contributed by atoms with E-state index >= 15 is 0 Å². The molecule has 2 fully saturated rings. The number of fused-ring (bicyclic) bond motifs is 1. The smallest absolute Gasteiger partial charge is 0.317 e. The highest BCUT2D eigenvalue weighted by atomic mass is 16.4. The van der Waals surface area contributed by atoms with Crippen LogP contribution in [-0.4, -0.2) is 41.0 Å². The molecular weight excluding hydrogens is 358 g/mol. The second-order valence-electron chi connectivity index (χ2n) is 8.09. The van der Waals surface area contributed by atoms with Crippen LogP contribution in [0.1, 0.15) is 45.1 Å². The lowest BCUT2D eigenvalue weighted by atomic mass is 9.81.